The Hall–Kier alpha value is -0.940. The number of carbonyl (C=O) groups excluding carboxylic acids is 1. The number of hydrogen-bond acceptors (Lipinski definition) is 2. The average Bonchev–Trinajstić information content (AvgIpc) is 2.31. The van der Waals surface area contributed by atoms with Crippen LogP contribution in [0, 0.1) is 5.82 Å². The van der Waals surface area contributed by atoms with Crippen LogP contribution in [0.4, 0.5) is 4.39 Å². The highest BCUT2D eigenvalue weighted by atomic mass is 35.5. The summed E-state index contributed by atoms with van der Waals surface area (Å²) in [5, 5.41) is 2.89. The molecule has 3 nitrogen and oxygen atoms in total. The molecular formula is C12H15ClFNO2S. The van der Waals surface area contributed by atoms with Crippen LogP contribution in [0.5, 0.6) is 0 Å². The Morgan fingerprint density at radius 1 is 1.56 bits per heavy atom. The Morgan fingerprint density at radius 2 is 2.22 bits per heavy atom. The summed E-state index contributed by atoms with van der Waals surface area (Å²) in [6.45, 7) is 2.19. The van der Waals surface area contributed by atoms with Crippen LogP contribution < -0.4 is 5.32 Å². The summed E-state index contributed by atoms with van der Waals surface area (Å²) in [6.07, 6.45) is 2.19. The van der Waals surface area contributed by atoms with Gasteiger partial charge in [0.15, 0.2) is 0 Å². The zero-order valence-corrected chi connectivity index (χ0v) is 11.8. The molecule has 0 bridgehead atoms. The molecule has 18 heavy (non-hydrogen) atoms. The van der Waals surface area contributed by atoms with Crippen molar-refractivity contribution in [3.05, 3.63) is 34.6 Å². The lowest BCUT2D eigenvalue weighted by atomic mass is 10.2. The van der Waals surface area contributed by atoms with Gasteiger partial charge in [0.2, 0.25) is 0 Å². The van der Waals surface area contributed by atoms with E-state index < -0.39 is 22.5 Å². The van der Waals surface area contributed by atoms with Crippen LogP contribution in [-0.2, 0) is 10.8 Å². The molecule has 0 saturated heterocycles. The lowest BCUT2D eigenvalue weighted by molar-refractivity contribution is 0.0949. The van der Waals surface area contributed by atoms with Crippen molar-refractivity contribution in [2.75, 3.05) is 12.8 Å². The van der Waals surface area contributed by atoms with Gasteiger partial charge in [-0.15, -0.1) is 0 Å². The zero-order chi connectivity index (χ0) is 13.7. The van der Waals surface area contributed by atoms with Gasteiger partial charge in [-0.25, -0.2) is 4.39 Å². The molecule has 0 aliphatic heterocycles. The summed E-state index contributed by atoms with van der Waals surface area (Å²) >= 11 is 5.70. The van der Waals surface area contributed by atoms with Gasteiger partial charge in [-0.05, 0) is 24.6 Å². The monoisotopic (exact) mass is 291 g/mol. The minimum Gasteiger partial charge on any atom is -0.352 e. The Bertz CT molecular complexity index is 467. The molecule has 0 fully saturated rings. The van der Waals surface area contributed by atoms with E-state index in [4.69, 9.17) is 11.6 Å². The van der Waals surface area contributed by atoms with E-state index in [0.717, 1.165) is 6.07 Å². The molecule has 0 saturated carbocycles. The van der Waals surface area contributed by atoms with E-state index in [1.807, 2.05) is 6.92 Å². The van der Waals surface area contributed by atoms with Crippen molar-refractivity contribution in [2.45, 2.75) is 18.6 Å². The third-order valence-corrected chi connectivity index (χ3v) is 4.18. The number of benzene rings is 1. The summed E-state index contributed by atoms with van der Waals surface area (Å²) in [5.74, 6) is -1.12. The lowest BCUT2D eigenvalue weighted by Gasteiger charge is -2.09. The molecule has 0 aliphatic carbocycles. The molecule has 1 amide bonds. The number of rotatable bonds is 5. The Morgan fingerprint density at radius 3 is 2.83 bits per heavy atom. The number of hydrogen-bond donors (Lipinski definition) is 1. The lowest BCUT2D eigenvalue weighted by Crippen LogP contribution is -2.28. The smallest absolute Gasteiger partial charge is 0.254 e. The Balaban J connectivity index is 2.55. The average molecular weight is 292 g/mol. The van der Waals surface area contributed by atoms with Crippen molar-refractivity contribution < 1.29 is 13.4 Å². The highest BCUT2D eigenvalue weighted by Gasteiger charge is 2.12. The first-order valence-electron chi connectivity index (χ1n) is 5.47. The summed E-state index contributed by atoms with van der Waals surface area (Å²) in [7, 11) is -0.924. The molecule has 6 heteroatoms. The molecule has 100 valence electrons. The number of amides is 1. The maximum Gasteiger partial charge on any atom is 0.254 e. The molecule has 0 aromatic heterocycles. The molecule has 1 N–H and O–H groups in total. The fraction of sp³-hybridized carbons (Fsp3) is 0.417. The quantitative estimate of drug-likeness (QED) is 0.905. The predicted molar refractivity (Wildman–Crippen MR) is 71.9 cm³/mol. The third kappa shape index (κ3) is 4.38. The number of nitrogens with one attached hydrogen (secondary N) is 1. The zero-order valence-electron chi connectivity index (χ0n) is 10.2. The SMILES string of the molecule is CC(CCNC(=O)c1cc(Cl)ccc1F)S(C)=O. The first-order valence-corrected chi connectivity index (χ1v) is 7.47. The largest absolute Gasteiger partial charge is 0.352 e. The van der Waals surface area contributed by atoms with Gasteiger partial charge in [-0.3, -0.25) is 9.00 Å². The van der Waals surface area contributed by atoms with Crippen LogP contribution in [0.15, 0.2) is 18.2 Å². The van der Waals surface area contributed by atoms with Gasteiger partial charge in [0, 0.05) is 33.9 Å². The molecule has 1 aromatic carbocycles. The van der Waals surface area contributed by atoms with Crippen LogP contribution in [0.25, 0.3) is 0 Å². The van der Waals surface area contributed by atoms with Crippen LogP contribution in [0.2, 0.25) is 5.02 Å². The molecule has 0 spiro atoms. The van der Waals surface area contributed by atoms with Crippen LogP contribution in [0.1, 0.15) is 23.7 Å². The van der Waals surface area contributed by atoms with E-state index in [1.165, 1.54) is 12.1 Å². The van der Waals surface area contributed by atoms with E-state index in [1.54, 1.807) is 6.26 Å². The Kier molecular flexibility index (Phi) is 5.75. The van der Waals surface area contributed by atoms with E-state index >= 15 is 0 Å². The number of carbonyl (C=O) groups is 1. The minimum absolute atomic E-state index is 0.00508. The van der Waals surface area contributed by atoms with Gasteiger partial charge in [0.05, 0.1) is 5.56 Å². The van der Waals surface area contributed by atoms with Gasteiger partial charge in [0.1, 0.15) is 5.82 Å². The van der Waals surface area contributed by atoms with Gasteiger partial charge in [-0.2, -0.15) is 0 Å². The molecule has 1 rings (SSSR count). The maximum absolute atomic E-state index is 13.4. The second-order valence-electron chi connectivity index (χ2n) is 3.98. The van der Waals surface area contributed by atoms with Gasteiger partial charge >= 0.3 is 0 Å². The molecule has 0 heterocycles. The van der Waals surface area contributed by atoms with E-state index in [-0.39, 0.29) is 10.8 Å². The molecule has 2 unspecified atom stereocenters. The van der Waals surface area contributed by atoms with Crippen LogP contribution in [-0.4, -0.2) is 28.2 Å². The first-order chi connectivity index (χ1) is 8.41. The van der Waals surface area contributed by atoms with Gasteiger partial charge in [0.25, 0.3) is 5.91 Å². The molecule has 0 aliphatic rings. The molecule has 1 aromatic rings. The van der Waals surface area contributed by atoms with Crippen molar-refractivity contribution in [3.8, 4) is 0 Å². The Labute approximate surface area is 113 Å². The molecular weight excluding hydrogens is 277 g/mol. The maximum atomic E-state index is 13.4. The summed E-state index contributed by atoms with van der Waals surface area (Å²) in [4.78, 5) is 11.7. The van der Waals surface area contributed by atoms with E-state index in [9.17, 15) is 13.4 Å². The van der Waals surface area contributed by atoms with Gasteiger partial charge in [-0.1, -0.05) is 18.5 Å². The third-order valence-electron chi connectivity index (χ3n) is 2.58. The summed E-state index contributed by atoms with van der Waals surface area (Å²) < 4.78 is 24.5. The van der Waals surface area contributed by atoms with Crippen molar-refractivity contribution in [3.63, 3.8) is 0 Å². The van der Waals surface area contributed by atoms with Crippen molar-refractivity contribution in [1.82, 2.24) is 5.32 Å². The second-order valence-corrected chi connectivity index (χ2v) is 6.22. The fourth-order valence-corrected chi connectivity index (χ4v) is 1.94. The first kappa shape index (κ1) is 15.1. The van der Waals surface area contributed by atoms with E-state index in [2.05, 4.69) is 5.32 Å². The van der Waals surface area contributed by atoms with Crippen molar-refractivity contribution in [1.29, 1.82) is 0 Å². The minimum atomic E-state index is -0.924. The van der Waals surface area contributed by atoms with Crippen molar-refractivity contribution >= 4 is 28.3 Å². The van der Waals surface area contributed by atoms with Gasteiger partial charge < -0.3 is 5.32 Å². The number of halogens is 2. The highest BCUT2D eigenvalue weighted by molar-refractivity contribution is 7.84. The molecule has 0 radical (unpaired) electrons. The fourth-order valence-electron chi connectivity index (χ4n) is 1.32. The second kappa shape index (κ2) is 6.85. The highest BCUT2D eigenvalue weighted by Crippen LogP contribution is 2.14. The standard InChI is InChI=1S/C12H15ClFNO2S/c1-8(18(2)17)5-6-15-12(16)10-7-9(13)3-4-11(10)14/h3-4,7-8H,5-6H2,1-2H3,(H,15,16). The van der Waals surface area contributed by atoms with Crippen LogP contribution >= 0.6 is 11.6 Å². The summed E-state index contributed by atoms with van der Waals surface area (Å²) in [6, 6.07) is 3.82. The molecule has 2 atom stereocenters. The van der Waals surface area contributed by atoms with E-state index in [0.29, 0.717) is 18.0 Å². The topological polar surface area (TPSA) is 46.2 Å². The summed E-state index contributed by atoms with van der Waals surface area (Å²) in [5.41, 5.74) is -0.0761. The van der Waals surface area contributed by atoms with Crippen LogP contribution in [0.3, 0.4) is 0 Å². The normalized spacial score (nSPS) is 14.0. The predicted octanol–water partition coefficient (Wildman–Crippen LogP) is 2.37. The van der Waals surface area contributed by atoms with Crippen molar-refractivity contribution in [2.24, 2.45) is 0 Å².